The van der Waals surface area contributed by atoms with Crippen molar-refractivity contribution in [2.45, 2.75) is 26.4 Å². The van der Waals surface area contributed by atoms with Gasteiger partial charge in [-0.3, -0.25) is 4.98 Å². The van der Waals surface area contributed by atoms with Gasteiger partial charge in [0.1, 0.15) is 11.6 Å². The van der Waals surface area contributed by atoms with Crippen molar-refractivity contribution < 1.29 is 13.5 Å². The van der Waals surface area contributed by atoms with Gasteiger partial charge < -0.3 is 24.8 Å². The first-order chi connectivity index (χ1) is 15.0. The number of hydrogen-bond donors (Lipinski definition) is 2. The first kappa shape index (κ1) is 20.8. The van der Waals surface area contributed by atoms with Gasteiger partial charge in [-0.15, -0.1) is 0 Å². The molecule has 10 nitrogen and oxygen atoms in total. The molecule has 0 bridgehead atoms. The second-order valence-corrected chi connectivity index (χ2v) is 6.98. The average molecular weight is 431 g/mol. The Hall–Kier alpha value is -3.41. The van der Waals surface area contributed by atoms with Crippen LogP contribution >= 0.6 is 0 Å². The molecule has 0 amide bonds. The normalized spacial score (nSPS) is 15.0. The minimum Gasteiger partial charge on any atom is -0.378 e. The Morgan fingerprint density at radius 1 is 1.13 bits per heavy atom. The predicted molar refractivity (Wildman–Crippen MR) is 110 cm³/mol. The zero-order chi connectivity index (χ0) is 21.8. The van der Waals surface area contributed by atoms with Crippen molar-refractivity contribution >= 4 is 23.7 Å². The van der Waals surface area contributed by atoms with Crippen molar-refractivity contribution in [2.24, 2.45) is 0 Å². The Balaban J connectivity index is 1.61. The third-order valence-electron chi connectivity index (χ3n) is 4.75. The van der Waals surface area contributed by atoms with Crippen LogP contribution in [-0.2, 0) is 11.3 Å². The van der Waals surface area contributed by atoms with Crippen LogP contribution in [0.3, 0.4) is 0 Å². The van der Waals surface area contributed by atoms with E-state index in [4.69, 9.17) is 4.74 Å². The van der Waals surface area contributed by atoms with E-state index in [9.17, 15) is 8.78 Å². The lowest BCUT2D eigenvalue weighted by Crippen LogP contribution is -2.37. The van der Waals surface area contributed by atoms with Crippen LogP contribution in [0.1, 0.15) is 25.6 Å². The minimum absolute atomic E-state index is 0.0610. The summed E-state index contributed by atoms with van der Waals surface area (Å²) in [6, 6.07) is 0.192. The average Bonchev–Trinajstić information content (AvgIpc) is 3.21. The van der Waals surface area contributed by atoms with Gasteiger partial charge >= 0.3 is 0 Å². The maximum absolute atomic E-state index is 14.1. The zero-order valence-electron chi connectivity index (χ0n) is 17.2. The van der Waals surface area contributed by atoms with E-state index in [1.54, 1.807) is 13.3 Å². The standard InChI is InChI=1S/C19H23F2N9O/c1-3-29-10-15(23-11-29)25-18-26-17(27-19(28-18)30-4-6-31-7-5-30)24-12(2)16-14(21)8-13(20)9-22-16/h8-12H,3-7H2,1-2H3,(H2,24,25,26,27,28)/t12-/m0/s1. The molecule has 1 atom stereocenters. The van der Waals surface area contributed by atoms with Crippen LogP contribution in [0.5, 0.6) is 0 Å². The third kappa shape index (κ3) is 5.02. The van der Waals surface area contributed by atoms with E-state index in [-0.39, 0.29) is 11.6 Å². The Morgan fingerprint density at radius 3 is 2.61 bits per heavy atom. The number of rotatable bonds is 7. The molecule has 31 heavy (non-hydrogen) atoms. The zero-order valence-corrected chi connectivity index (χ0v) is 17.2. The number of pyridine rings is 1. The summed E-state index contributed by atoms with van der Waals surface area (Å²) in [6.07, 6.45) is 4.52. The van der Waals surface area contributed by atoms with Crippen molar-refractivity contribution in [3.63, 3.8) is 0 Å². The SMILES string of the molecule is CCn1cnc(Nc2nc(N[C@@H](C)c3ncc(F)cc3F)nc(N3CCOCC3)n2)c1. The van der Waals surface area contributed by atoms with E-state index in [0.29, 0.717) is 44.0 Å². The van der Waals surface area contributed by atoms with Gasteiger partial charge in [0, 0.05) is 31.9 Å². The molecule has 0 spiro atoms. The quantitative estimate of drug-likeness (QED) is 0.584. The number of nitrogens with one attached hydrogen (secondary N) is 2. The maximum atomic E-state index is 14.1. The van der Waals surface area contributed by atoms with Crippen molar-refractivity contribution in [3.05, 3.63) is 42.1 Å². The highest BCUT2D eigenvalue weighted by molar-refractivity contribution is 5.52. The lowest BCUT2D eigenvalue weighted by molar-refractivity contribution is 0.122. The van der Waals surface area contributed by atoms with Crippen molar-refractivity contribution in [3.8, 4) is 0 Å². The van der Waals surface area contributed by atoms with E-state index < -0.39 is 17.7 Å². The monoisotopic (exact) mass is 431 g/mol. The molecule has 3 aromatic rings. The Morgan fingerprint density at radius 2 is 1.90 bits per heavy atom. The van der Waals surface area contributed by atoms with Crippen LogP contribution in [0, 0.1) is 11.6 Å². The topological polar surface area (TPSA) is 106 Å². The van der Waals surface area contributed by atoms with Gasteiger partial charge in [-0.2, -0.15) is 15.0 Å². The van der Waals surface area contributed by atoms with Crippen molar-refractivity contribution in [2.75, 3.05) is 41.8 Å². The second-order valence-electron chi connectivity index (χ2n) is 6.98. The largest absolute Gasteiger partial charge is 0.378 e. The predicted octanol–water partition coefficient (Wildman–Crippen LogP) is 2.51. The van der Waals surface area contributed by atoms with Crippen LogP contribution in [0.2, 0.25) is 0 Å². The molecule has 12 heteroatoms. The Labute approximate surface area is 177 Å². The van der Waals surface area contributed by atoms with Gasteiger partial charge in [0.15, 0.2) is 5.82 Å². The highest BCUT2D eigenvalue weighted by Crippen LogP contribution is 2.22. The molecule has 1 aliphatic rings. The number of ether oxygens (including phenoxy) is 1. The lowest BCUT2D eigenvalue weighted by atomic mass is 10.2. The fraction of sp³-hybridized carbons (Fsp3) is 0.421. The van der Waals surface area contributed by atoms with E-state index in [1.165, 1.54) is 0 Å². The van der Waals surface area contributed by atoms with Gasteiger partial charge in [0.25, 0.3) is 0 Å². The van der Waals surface area contributed by atoms with E-state index in [1.807, 2.05) is 22.6 Å². The van der Waals surface area contributed by atoms with Crippen LogP contribution < -0.4 is 15.5 Å². The van der Waals surface area contributed by atoms with Crippen LogP contribution in [0.15, 0.2) is 24.8 Å². The molecule has 3 aromatic heterocycles. The smallest absolute Gasteiger partial charge is 0.235 e. The van der Waals surface area contributed by atoms with Gasteiger partial charge in [0.05, 0.1) is 37.5 Å². The molecule has 2 N–H and O–H groups in total. The summed E-state index contributed by atoms with van der Waals surface area (Å²) in [5, 5.41) is 6.11. The summed E-state index contributed by atoms with van der Waals surface area (Å²) < 4.78 is 34.6. The van der Waals surface area contributed by atoms with Crippen LogP contribution in [0.25, 0.3) is 0 Å². The van der Waals surface area contributed by atoms with E-state index >= 15 is 0 Å². The lowest BCUT2D eigenvalue weighted by Gasteiger charge is -2.27. The Kier molecular flexibility index (Phi) is 6.16. The summed E-state index contributed by atoms with van der Waals surface area (Å²) in [5.74, 6) is 0.0864. The first-order valence-corrected chi connectivity index (χ1v) is 9.97. The fourth-order valence-electron chi connectivity index (χ4n) is 3.11. The highest BCUT2D eigenvalue weighted by Gasteiger charge is 2.20. The Bertz CT molecular complexity index is 1040. The molecule has 0 unspecified atom stereocenters. The molecule has 0 aliphatic carbocycles. The summed E-state index contributed by atoms with van der Waals surface area (Å²) in [4.78, 5) is 23.5. The summed E-state index contributed by atoms with van der Waals surface area (Å²) in [7, 11) is 0. The van der Waals surface area contributed by atoms with Gasteiger partial charge in [-0.25, -0.2) is 13.8 Å². The number of aryl methyl sites for hydroxylation is 1. The molecular formula is C19H23F2N9O. The number of morpholine rings is 1. The van der Waals surface area contributed by atoms with Crippen molar-refractivity contribution in [1.82, 2.24) is 29.5 Å². The molecule has 4 rings (SSSR count). The molecular weight excluding hydrogens is 408 g/mol. The molecule has 0 aromatic carbocycles. The number of anilines is 4. The number of hydrogen-bond acceptors (Lipinski definition) is 9. The van der Waals surface area contributed by atoms with E-state index in [0.717, 1.165) is 18.8 Å². The number of imidazole rings is 1. The number of nitrogens with zero attached hydrogens (tertiary/aromatic N) is 7. The second kappa shape index (κ2) is 9.16. The third-order valence-corrected chi connectivity index (χ3v) is 4.75. The number of aromatic nitrogens is 6. The fourth-order valence-corrected chi connectivity index (χ4v) is 3.11. The molecule has 4 heterocycles. The molecule has 164 valence electrons. The van der Waals surface area contributed by atoms with Crippen LogP contribution in [0.4, 0.5) is 32.4 Å². The van der Waals surface area contributed by atoms with Gasteiger partial charge in [-0.1, -0.05) is 0 Å². The van der Waals surface area contributed by atoms with E-state index in [2.05, 4.69) is 35.6 Å². The molecule has 1 fully saturated rings. The highest BCUT2D eigenvalue weighted by atomic mass is 19.1. The van der Waals surface area contributed by atoms with Gasteiger partial charge in [-0.05, 0) is 13.8 Å². The van der Waals surface area contributed by atoms with Crippen molar-refractivity contribution in [1.29, 1.82) is 0 Å². The maximum Gasteiger partial charge on any atom is 0.235 e. The number of halogens is 2. The van der Waals surface area contributed by atoms with Gasteiger partial charge in [0.2, 0.25) is 17.8 Å². The molecule has 0 radical (unpaired) electrons. The molecule has 0 saturated carbocycles. The summed E-state index contributed by atoms with van der Waals surface area (Å²) >= 11 is 0. The molecule has 1 saturated heterocycles. The minimum atomic E-state index is -0.745. The first-order valence-electron chi connectivity index (χ1n) is 9.97. The summed E-state index contributed by atoms with van der Waals surface area (Å²) in [5.41, 5.74) is 0.0610. The van der Waals surface area contributed by atoms with Crippen LogP contribution in [-0.4, -0.2) is 55.8 Å². The summed E-state index contributed by atoms with van der Waals surface area (Å²) in [6.45, 7) is 6.90. The molecule has 1 aliphatic heterocycles.